The molecule has 1 saturated heterocycles. The molecule has 0 aliphatic carbocycles. The summed E-state index contributed by atoms with van der Waals surface area (Å²) in [6.45, 7) is 1.96. The van der Waals surface area contributed by atoms with Gasteiger partial charge >= 0.3 is 0 Å². The van der Waals surface area contributed by atoms with Crippen molar-refractivity contribution in [1.82, 2.24) is 9.80 Å². The van der Waals surface area contributed by atoms with Gasteiger partial charge in [-0.15, -0.1) is 0 Å². The standard InChI is InChI=1S/C20H22FN3O2/c21-18-5-2-1-4-17(18)20(26)24-11-3-10-23(12-13-24)19(25)14-15-6-8-16(22)9-7-15/h1-2,4-9H,3,10-14,22H2. The van der Waals surface area contributed by atoms with Crippen LogP contribution in [-0.4, -0.2) is 47.8 Å². The minimum atomic E-state index is -0.516. The number of benzene rings is 2. The van der Waals surface area contributed by atoms with E-state index in [-0.39, 0.29) is 17.4 Å². The Morgan fingerprint density at radius 2 is 1.58 bits per heavy atom. The van der Waals surface area contributed by atoms with Gasteiger partial charge < -0.3 is 15.5 Å². The summed E-state index contributed by atoms with van der Waals surface area (Å²) in [4.78, 5) is 28.5. The summed E-state index contributed by atoms with van der Waals surface area (Å²) in [6.07, 6.45) is 0.981. The van der Waals surface area contributed by atoms with Crippen molar-refractivity contribution in [3.8, 4) is 0 Å². The highest BCUT2D eigenvalue weighted by Crippen LogP contribution is 2.14. The zero-order chi connectivity index (χ0) is 18.5. The predicted molar refractivity (Wildman–Crippen MR) is 98.1 cm³/mol. The molecule has 0 saturated carbocycles. The van der Waals surface area contributed by atoms with Crippen molar-refractivity contribution >= 4 is 17.5 Å². The van der Waals surface area contributed by atoms with E-state index in [1.54, 1.807) is 34.1 Å². The number of anilines is 1. The monoisotopic (exact) mass is 355 g/mol. The molecule has 0 radical (unpaired) electrons. The molecule has 2 amide bonds. The van der Waals surface area contributed by atoms with Gasteiger partial charge in [-0.05, 0) is 36.2 Å². The number of halogens is 1. The van der Waals surface area contributed by atoms with Gasteiger partial charge in [0.2, 0.25) is 5.91 Å². The maximum atomic E-state index is 13.9. The second kappa shape index (κ2) is 7.99. The smallest absolute Gasteiger partial charge is 0.256 e. The lowest BCUT2D eigenvalue weighted by molar-refractivity contribution is -0.130. The molecule has 3 rings (SSSR count). The number of hydrogen-bond donors (Lipinski definition) is 1. The molecule has 136 valence electrons. The predicted octanol–water partition coefficient (Wildman–Crippen LogP) is 2.33. The third-order valence-electron chi connectivity index (χ3n) is 4.58. The first-order valence-electron chi connectivity index (χ1n) is 8.70. The molecule has 0 atom stereocenters. The van der Waals surface area contributed by atoms with Crippen molar-refractivity contribution in [3.63, 3.8) is 0 Å². The van der Waals surface area contributed by atoms with Crippen LogP contribution in [-0.2, 0) is 11.2 Å². The highest BCUT2D eigenvalue weighted by atomic mass is 19.1. The maximum absolute atomic E-state index is 13.9. The van der Waals surface area contributed by atoms with Crippen LogP contribution >= 0.6 is 0 Å². The van der Waals surface area contributed by atoms with E-state index in [4.69, 9.17) is 5.73 Å². The van der Waals surface area contributed by atoms with Gasteiger partial charge in [-0.25, -0.2) is 4.39 Å². The Balaban J connectivity index is 1.61. The number of nitrogens with two attached hydrogens (primary N) is 1. The van der Waals surface area contributed by atoms with Gasteiger partial charge in [0.15, 0.2) is 0 Å². The van der Waals surface area contributed by atoms with Gasteiger partial charge in [0.1, 0.15) is 5.82 Å². The molecule has 5 nitrogen and oxygen atoms in total. The summed E-state index contributed by atoms with van der Waals surface area (Å²) in [5.74, 6) is -0.816. The van der Waals surface area contributed by atoms with E-state index in [1.807, 2.05) is 12.1 Å². The molecule has 1 aliphatic rings. The van der Waals surface area contributed by atoms with Crippen molar-refractivity contribution in [1.29, 1.82) is 0 Å². The Bertz CT molecular complexity index is 792. The van der Waals surface area contributed by atoms with Crippen LogP contribution < -0.4 is 5.73 Å². The molecule has 2 aromatic carbocycles. The SMILES string of the molecule is Nc1ccc(CC(=O)N2CCCN(C(=O)c3ccccc3F)CC2)cc1. The number of hydrogen-bond acceptors (Lipinski definition) is 3. The normalized spacial score (nSPS) is 14.8. The first-order valence-corrected chi connectivity index (χ1v) is 8.70. The van der Waals surface area contributed by atoms with Crippen LogP contribution in [0.2, 0.25) is 0 Å². The summed E-state index contributed by atoms with van der Waals surface area (Å²) >= 11 is 0. The van der Waals surface area contributed by atoms with E-state index >= 15 is 0 Å². The van der Waals surface area contributed by atoms with E-state index in [0.717, 1.165) is 5.56 Å². The Hall–Kier alpha value is -2.89. The van der Waals surface area contributed by atoms with Crippen LogP contribution in [0.1, 0.15) is 22.3 Å². The molecule has 2 N–H and O–H groups in total. The fourth-order valence-electron chi connectivity index (χ4n) is 3.10. The van der Waals surface area contributed by atoms with Gasteiger partial charge in [-0.2, -0.15) is 0 Å². The average Bonchev–Trinajstić information content (AvgIpc) is 2.90. The van der Waals surface area contributed by atoms with Gasteiger partial charge in [0.25, 0.3) is 5.91 Å². The summed E-state index contributed by atoms with van der Waals surface area (Å²) in [5.41, 5.74) is 7.32. The summed E-state index contributed by atoms with van der Waals surface area (Å²) < 4.78 is 13.9. The number of rotatable bonds is 3. The van der Waals surface area contributed by atoms with Crippen LogP contribution in [0.15, 0.2) is 48.5 Å². The fraction of sp³-hybridized carbons (Fsp3) is 0.300. The molecule has 0 spiro atoms. The van der Waals surface area contributed by atoms with Crippen molar-refractivity contribution in [2.75, 3.05) is 31.9 Å². The Morgan fingerprint density at radius 3 is 2.31 bits per heavy atom. The topological polar surface area (TPSA) is 66.6 Å². The molecule has 2 aromatic rings. The first kappa shape index (κ1) is 17.9. The van der Waals surface area contributed by atoms with E-state index in [1.165, 1.54) is 12.1 Å². The number of nitrogen functional groups attached to an aromatic ring is 1. The number of amides is 2. The van der Waals surface area contributed by atoms with Gasteiger partial charge in [0.05, 0.1) is 12.0 Å². The van der Waals surface area contributed by atoms with Gasteiger partial charge in [0, 0.05) is 31.9 Å². The number of carbonyl (C=O) groups is 2. The van der Waals surface area contributed by atoms with E-state index < -0.39 is 5.82 Å². The fourth-order valence-corrected chi connectivity index (χ4v) is 3.10. The third kappa shape index (κ3) is 4.20. The Kier molecular flexibility index (Phi) is 5.51. The third-order valence-corrected chi connectivity index (χ3v) is 4.58. The minimum Gasteiger partial charge on any atom is -0.399 e. The summed E-state index contributed by atoms with van der Waals surface area (Å²) in [6, 6.07) is 13.2. The van der Waals surface area contributed by atoms with Crippen LogP contribution in [0.25, 0.3) is 0 Å². The highest BCUT2D eigenvalue weighted by molar-refractivity contribution is 5.94. The molecule has 6 heteroatoms. The second-order valence-electron chi connectivity index (χ2n) is 6.42. The average molecular weight is 355 g/mol. The maximum Gasteiger partial charge on any atom is 0.256 e. The van der Waals surface area contributed by atoms with Crippen LogP contribution in [0.3, 0.4) is 0 Å². The Morgan fingerprint density at radius 1 is 0.923 bits per heavy atom. The van der Waals surface area contributed by atoms with Crippen molar-refractivity contribution in [3.05, 3.63) is 65.5 Å². The molecule has 0 bridgehead atoms. The molecule has 1 fully saturated rings. The van der Waals surface area contributed by atoms with Crippen molar-refractivity contribution < 1.29 is 14.0 Å². The lowest BCUT2D eigenvalue weighted by atomic mass is 10.1. The second-order valence-corrected chi connectivity index (χ2v) is 6.42. The van der Waals surface area contributed by atoms with Crippen molar-refractivity contribution in [2.24, 2.45) is 0 Å². The lowest BCUT2D eigenvalue weighted by Crippen LogP contribution is -2.38. The number of carbonyl (C=O) groups excluding carboxylic acids is 2. The highest BCUT2D eigenvalue weighted by Gasteiger charge is 2.24. The Labute approximate surface area is 152 Å². The lowest BCUT2D eigenvalue weighted by Gasteiger charge is -2.22. The minimum absolute atomic E-state index is 0.0231. The summed E-state index contributed by atoms with van der Waals surface area (Å²) in [7, 11) is 0. The molecule has 0 unspecified atom stereocenters. The van der Waals surface area contributed by atoms with Crippen molar-refractivity contribution in [2.45, 2.75) is 12.8 Å². The summed E-state index contributed by atoms with van der Waals surface area (Å²) in [5, 5.41) is 0. The van der Waals surface area contributed by atoms with Gasteiger partial charge in [-0.3, -0.25) is 9.59 Å². The number of nitrogens with zero attached hydrogens (tertiary/aromatic N) is 2. The molecule has 0 aromatic heterocycles. The van der Waals surface area contributed by atoms with E-state index in [0.29, 0.717) is 44.7 Å². The largest absolute Gasteiger partial charge is 0.399 e. The van der Waals surface area contributed by atoms with Crippen LogP contribution in [0, 0.1) is 5.82 Å². The van der Waals surface area contributed by atoms with E-state index in [2.05, 4.69) is 0 Å². The quantitative estimate of drug-likeness (QED) is 0.860. The first-order chi connectivity index (χ1) is 12.5. The van der Waals surface area contributed by atoms with Crippen LogP contribution in [0.5, 0.6) is 0 Å². The zero-order valence-corrected chi connectivity index (χ0v) is 14.5. The molecule has 1 heterocycles. The molecular weight excluding hydrogens is 333 g/mol. The molecule has 26 heavy (non-hydrogen) atoms. The van der Waals surface area contributed by atoms with Gasteiger partial charge in [-0.1, -0.05) is 24.3 Å². The van der Waals surface area contributed by atoms with E-state index in [9.17, 15) is 14.0 Å². The van der Waals surface area contributed by atoms with Crippen LogP contribution in [0.4, 0.5) is 10.1 Å². The molecular formula is C20H22FN3O2. The molecule has 1 aliphatic heterocycles. The zero-order valence-electron chi connectivity index (χ0n) is 14.5.